The second-order valence-electron chi connectivity index (χ2n) is 7.81. The molecule has 0 spiro atoms. The SMILES string of the molecule is Cc1[nH]c2ccccc2c1-c1csc(NC(=O)C2CCN(S(=O)(=O)c3cccs3)CC2)n1. The van der Waals surface area contributed by atoms with Crippen molar-refractivity contribution < 1.29 is 13.2 Å². The van der Waals surface area contributed by atoms with Crippen LogP contribution < -0.4 is 5.32 Å². The van der Waals surface area contributed by atoms with Crippen LogP contribution in [-0.2, 0) is 14.8 Å². The number of anilines is 1. The number of amides is 1. The number of fused-ring (bicyclic) bond motifs is 1. The lowest BCUT2D eigenvalue weighted by atomic mass is 9.97. The molecule has 1 aromatic carbocycles. The minimum absolute atomic E-state index is 0.102. The van der Waals surface area contributed by atoms with Crippen LogP contribution in [0.5, 0.6) is 0 Å². The number of hydrogen-bond acceptors (Lipinski definition) is 6. The highest BCUT2D eigenvalue weighted by molar-refractivity contribution is 7.91. The number of thiophene rings is 1. The maximum atomic E-state index is 12.8. The highest BCUT2D eigenvalue weighted by Gasteiger charge is 2.32. The molecule has 166 valence electrons. The molecule has 4 heterocycles. The van der Waals surface area contributed by atoms with Gasteiger partial charge in [-0.1, -0.05) is 24.3 Å². The second kappa shape index (κ2) is 8.43. The van der Waals surface area contributed by atoms with Gasteiger partial charge in [-0.25, -0.2) is 13.4 Å². The van der Waals surface area contributed by atoms with E-state index in [0.717, 1.165) is 27.9 Å². The van der Waals surface area contributed by atoms with E-state index in [1.807, 2.05) is 30.5 Å². The topological polar surface area (TPSA) is 95.2 Å². The van der Waals surface area contributed by atoms with E-state index in [0.29, 0.717) is 35.3 Å². The van der Waals surface area contributed by atoms with Crippen molar-refractivity contribution in [3.05, 3.63) is 52.9 Å². The van der Waals surface area contributed by atoms with Crippen LogP contribution in [0.4, 0.5) is 5.13 Å². The number of aromatic nitrogens is 2. The molecule has 5 rings (SSSR count). The molecule has 10 heteroatoms. The van der Waals surface area contributed by atoms with Crippen LogP contribution in [0.3, 0.4) is 0 Å². The smallest absolute Gasteiger partial charge is 0.252 e. The van der Waals surface area contributed by atoms with Gasteiger partial charge in [0.25, 0.3) is 10.0 Å². The zero-order chi connectivity index (χ0) is 22.3. The third-order valence-corrected chi connectivity index (χ3v) is 9.83. The number of hydrogen-bond donors (Lipinski definition) is 2. The quantitative estimate of drug-likeness (QED) is 0.427. The second-order valence-corrected chi connectivity index (χ2v) is 11.8. The maximum Gasteiger partial charge on any atom is 0.252 e. The summed E-state index contributed by atoms with van der Waals surface area (Å²) < 4.78 is 27.2. The molecule has 7 nitrogen and oxygen atoms in total. The first-order valence-electron chi connectivity index (χ1n) is 10.3. The summed E-state index contributed by atoms with van der Waals surface area (Å²) in [5.74, 6) is -0.332. The zero-order valence-electron chi connectivity index (χ0n) is 17.4. The predicted octanol–water partition coefficient (Wildman–Crippen LogP) is 4.70. The summed E-state index contributed by atoms with van der Waals surface area (Å²) in [6, 6.07) is 11.4. The Morgan fingerprint density at radius 1 is 1.16 bits per heavy atom. The van der Waals surface area contributed by atoms with E-state index in [2.05, 4.69) is 21.4 Å². The first-order valence-corrected chi connectivity index (χ1v) is 13.5. The van der Waals surface area contributed by atoms with Crippen molar-refractivity contribution in [3.8, 4) is 11.3 Å². The monoisotopic (exact) mass is 486 g/mol. The average Bonchev–Trinajstić information content (AvgIpc) is 3.53. The Kier molecular flexibility index (Phi) is 5.62. The molecule has 0 bridgehead atoms. The first kappa shape index (κ1) is 21.3. The van der Waals surface area contributed by atoms with Gasteiger partial charge in [0.1, 0.15) is 4.21 Å². The number of H-pyrrole nitrogens is 1. The van der Waals surface area contributed by atoms with Gasteiger partial charge in [0.2, 0.25) is 5.91 Å². The molecule has 0 atom stereocenters. The van der Waals surface area contributed by atoms with Crippen molar-refractivity contribution in [2.45, 2.75) is 24.0 Å². The number of aryl methyl sites for hydroxylation is 1. The minimum atomic E-state index is -3.46. The minimum Gasteiger partial charge on any atom is -0.358 e. The van der Waals surface area contributed by atoms with E-state index in [1.165, 1.54) is 27.0 Å². The Hall–Kier alpha value is -2.53. The van der Waals surface area contributed by atoms with E-state index >= 15 is 0 Å². The first-order chi connectivity index (χ1) is 15.4. The summed E-state index contributed by atoms with van der Waals surface area (Å²) in [6.45, 7) is 2.71. The largest absolute Gasteiger partial charge is 0.358 e. The molecule has 1 saturated heterocycles. The van der Waals surface area contributed by atoms with E-state index in [1.54, 1.807) is 17.5 Å². The van der Waals surface area contributed by atoms with Gasteiger partial charge in [-0.2, -0.15) is 4.31 Å². The van der Waals surface area contributed by atoms with Crippen LogP contribution in [-0.4, -0.2) is 41.7 Å². The van der Waals surface area contributed by atoms with Gasteiger partial charge in [-0.15, -0.1) is 22.7 Å². The summed E-state index contributed by atoms with van der Waals surface area (Å²) >= 11 is 2.62. The highest BCUT2D eigenvalue weighted by Crippen LogP contribution is 2.34. The van der Waals surface area contributed by atoms with Gasteiger partial charge >= 0.3 is 0 Å². The fraction of sp³-hybridized carbons (Fsp3) is 0.273. The summed E-state index contributed by atoms with van der Waals surface area (Å²) in [5.41, 5.74) is 3.97. The lowest BCUT2D eigenvalue weighted by molar-refractivity contribution is -0.120. The normalized spacial score (nSPS) is 15.9. The number of rotatable bonds is 5. The van der Waals surface area contributed by atoms with Crippen LogP contribution in [0.15, 0.2) is 51.4 Å². The number of para-hydroxylation sites is 1. The summed E-state index contributed by atoms with van der Waals surface area (Å²) in [6.07, 6.45) is 0.993. The van der Waals surface area contributed by atoms with Crippen molar-refractivity contribution in [1.29, 1.82) is 0 Å². The van der Waals surface area contributed by atoms with Gasteiger partial charge in [0.05, 0.1) is 5.69 Å². The zero-order valence-corrected chi connectivity index (χ0v) is 19.8. The predicted molar refractivity (Wildman–Crippen MR) is 129 cm³/mol. The van der Waals surface area contributed by atoms with E-state index in [9.17, 15) is 13.2 Å². The maximum absolute atomic E-state index is 12.8. The summed E-state index contributed by atoms with van der Waals surface area (Å²) in [7, 11) is -3.46. The van der Waals surface area contributed by atoms with E-state index in [4.69, 9.17) is 0 Å². The lowest BCUT2D eigenvalue weighted by Gasteiger charge is -2.29. The van der Waals surface area contributed by atoms with E-state index in [-0.39, 0.29) is 11.8 Å². The number of benzene rings is 1. The van der Waals surface area contributed by atoms with Crippen molar-refractivity contribution in [2.24, 2.45) is 5.92 Å². The van der Waals surface area contributed by atoms with Crippen LogP contribution in [0.2, 0.25) is 0 Å². The molecule has 0 unspecified atom stereocenters. The average molecular weight is 487 g/mol. The Balaban J connectivity index is 1.25. The summed E-state index contributed by atoms with van der Waals surface area (Å²) in [4.78, 5) is 20.8. The molecule has 0 saturated carbocycles. The molecule has 1 fully saturated rings. The van der Waals surface area contributed by atoms with E-state index < -0.39 is 10.0 Å². The van der Waals surface area contributed by atoms with Crippen molar-refractivity contribution >= 4 is 54.6 Å². The number of aromatic amines is 1. The third-order valence-electron chi connectivity index (χ3n) is 5.80. The molecule has 32 heavy (non-hydrogen) atoms. The van der Waals surface area contributed by atoms with Crippen LogP contribution in [0, 0.1) is 12.8 Å². The van der Waals surface area contributed by atoms with Crippen LogP contribution >= 0.6 is 22.7 Å². The molecule has 1 amide bonds. The van der Waals surface area contributed by atoms with Gasteiger partial charge in [0.15, 0.2) is 5.13 Å². The molecular weight excluding hydrogens is 464 g/mol. The number of carbonyl (C=O) groups is 1. The Labute approximate surface area is 194 Å². The molecule has 0 radical (unpaired) electrons. The van der Waals surface area contributed by atoms with Crippen molar-refractivity contribution in [3.63, 3.8) is 0 Å². The fourth-order valence-electron chi connectivity index (χ4n) is 4.16. The number of nitrogens with zero attached hydrogens (tertiary/aromatic N) is 2. The number of sulfonamides is 1. The van der Waals surface area contributed by atoms with Crippen molar-refractivity contribution in [2.75, 3.05) is 18.4 Å². The van der Waals surface area contributed by atoms with Crippen LogP contribution in [0.25, 0.3) is 22.2 Å². The number of thiazole rings is 1. The fourth-order valence-corrected chi connectivity index (χ4v) is 7.47. The van der Waals surface area contributed by atoms with Gasteiger partial charge in [0, 0.05) is 46.5 Å². The molecule has 1 aliphatic rings. The Morgan fingerprint density at radius 3 is 2.69 bits per heavy atom. The molecule has 4 aromatic rings. The molecule has 2 N–H and O–H groups in total. The number of carbonyl (C=O) groups excluding carboxylic acids is 1. The Bertz CT molecular complexity index is 1360. The summed E-state index contributed by atoms with van der Waals surface area (Å²) in [5, 5.41) is 8.31. The van der Waals surface area contributed by atoms with Crippen LogP contribution in [0.1, 0.15) is 18.5 Å². The highest BCUT2D eigenvalue weighted by atomic mass is 32.2. The lowest BCUT2D eigenvalue weighted by Crippen LogP contribution is -2.41. The number of nitrogens with one attached hydrogen (secondary N) is 2. The molecule has 1 aliphatic heterocycles. The van der Waals surface area contributed by atoms with Gasteiger partial charge < -0.3 is 10.3 Å². The standard InChI is InChI=1S/C22H22N4O3S3/c1-14-20(16-5-2-3-6-17(16)23-14)18-13-31-22(24-18)25-21(27)15-8-10-26(11-9-15)32(28,29)19-7-4-12-30-19/h2-7,12-13,15,23H,8-11H2,1H3,(H,24,25,27). The molecular formula is C22H22N4O3S3. The molecule has 0 aliphatic carbocycles. The number of piperidine rings is 1. The molecule has 3 aromatic heterocycles. The van der Waals surface area contributed by atoms with Gasteiger partial charge in [-0.3, -0.25) is 4.79 Å². The third kappa shape index (κ3) is 3.88. The van der Waals surface area contributed by atoms with Gasteiger partial charge in [-0.05, 0) is 37.3 Å². The Morgan fingerprint density at radius 2 is 1.94 bits per heavy atom. The van der Waals surface area contributed by atoms with Crippen molar-refractivity contribution in [1.82, 2.24) is 14.3 Å².